The molecule has 2 aromatic rings. The maximum absolute atomic E-state index is 12.2. The van der Waals surface area contributed by atoms with E-state index in [1.54, 1.807) is 0 Å². The van der Waals surface area contributed by atoms with Crippen LogP contribution in [0.5, 0.6) is 0 Å². The van der Waals surface area contributed by atoms with E-state index in [4.69, 9.17) is 0 Å². The molecule has 2 N–H and O–H groups in total. The number of hydrogen-bond acceptors (Lipinski definition) is 3. The summed E-state index contributed by atoms with van der Waals surface area (Å²) in [5.41, 5.74) is 1.99. The Morgan fingerprint density at radius 3 is 2.81 bits per heavy atom. The molecular weight excluding hydrogens is 262 g/mol. The Morgan fingerprint density at radius 1 is 1.33 bits per heavy atom. The van der Waals surface area contributed by atoms with Crippen LogP contribution in [-0.4, -0.2) is 24.0 Å². The van der Waals surface area contributed by atoms with Crippen LogP contribution >= 0.6 is 0 Å². The van der Waals surface area contributed by atoms with E-state index in [2.05, 4.69) is 35.5 Å². The Kier molecular flexibility index (Phi) is 5.28. The Hall–Kier alpha value is -1.94. The van der Waals surface area contributed by atoms with Gasteiger partial charge >= 0.3 is 0 Å². The topological polar surface area (TPSA) is 54.0 Å². The first-order chi connectivity index (χ1) is 10.2. The summed E-state index contributed by atoms with van der Waals surface area (Å²) in [6, 6.07) is 9.90. The molecule has 0 fully saturated rings. The van der Waals surface area contributed by atoms with E-state index in [9.17, 15) is 4.79 Å². The van der Waals surface area contributed by atoms with E-state index in [1.165, 1.54) is 0 Å². The quantitative estimate of drug-likeness (QED) is 0.857. The molecule has 0 spiro atoms. The third-order valence-electron chi connectivity index (χ3n) is 3.92. The Morgan fingerprint density at radius 2 is 2.10 bits per heavy atom. The molecule has 21 heavy (non-hydrogen) atoms. The molecule has 0 aliphatic rings. The van der Waals surface area contributed by atoms with Crippen LogP contribution in [0.3, 0.4) is 0 Å². The Bertz CT molecular complexity index is 612. The highest BCUT2D eigenvalue weighted by Gasteiger charge is 2.21. The largest absolute Gasteiger partial charge is 0.351 e. The number of fused-ring (bicyclic) bond motifs is 1. The summed E-state index contributed by atoms with van der Waals surface area (Å²) in [4.78, 5) is 16.6. The first-order valence-corrected chi connectivity index (χ1v) is 7.44. The number of rotatable bonds is 6. The molecule has 112 valence electrons. The van der Waals surface area contributed by atoms with Gasteiger partial charge in [0.15, 0.2) is 0 Å². The highest BCUT2D eigenvalue weighted by Crippen LogP contribution is 2.13. The molecule has 0 saturated heterocycles. The van der Waals surface area contributed by atoms with Gasteiger partial charge in [-0.15, -0.1) is 0 Å². The van der Waals surface area contributed by atoms with Gasteiger partial charge in [0, 0.05) is 18.1 Å². The predicted octanol–water partition coefficient (Wildman–Crippen LogP) is 2.49. The van der Waals surface area contributed by atoms with Crippen molar-refractivity contribution in [2.45, 2.75) is 32.9 Å². The van der Waals surface area contributed by atoms with Gasteiger partial charge in [0.1, 0.15) is 0 Å². The lowest BCUT2D eigenvalue weighted by Crippen LogP contribution is -2.46. The Balaban J connectivity index is 2.02. The summed E-state index contributed by atoms with van der Waals surface area (Å²) in [6.45, 7) is 4.68. The van der Waals surface area contributed by atoms with Crippen LogP contribution in [0, 0.1) is 5.92 Å². The summed E-state index contributed by atoms with van der Waals surface area (Å²) in [7, 11) is 1.83. The minimum atomic E-state index is -0.150. The van der Waals surface area contributed by atoms with E-state index in [-0.39, 0.29) is 11.9 Å². The van der Waals surface area contributed by atoms with Crippen LogP contribution in [-0.2, 0) is 11.3 Å². The van der Waals surface area contributed by atoms with Crippen molar-refractivity contribution in [1.82, 2.24) is 15.6 Å². The molecule has 2 rings (SSSR count). The second-order valence-electron chi connectivity index (χ2n) is 5.41. The van der Waals surface area contributed by atoms with Gasteiger partial charge in [-0.05, 0) is 30.7 Å². The van der Waals surface area contributed by atoms with E-state index >= 15 is 0 Å². The summed E-state index contributed by atoms with van der Waals surface area (Å²) < 4.78 is 0. The van der Waals surface area contributed by atoms with Crippen molar-refractivity contribution in [3.05, 3.63) is 42.1 Å². The van der Waals surface area contributed by atoms with E-state index in [1.807, 2.05) is 37.5 Å². The van der Waals surface area contributed by atoms with Crippen molar-refractivity contribution in [2.75, 3.05) is 7.05 Å². The first kappa shape index (κ1) is 15.4. The molecule has 0 saturated carbocycles. The van der Waals surface area contributed by atoms with Crippen LogP contribution < -0.4 is 10.6 Å². The molecule has 1 aromatic heterocycles. The zero-order chi connectivity index (χ0) is 15.2. The van der Waals surface area contributed by atoms with Gasteiger partial charge in [0.05, 0.1) is 11.6 Å². The van der Waals surface area contributed by atoms with Gasteiger partial charge in [-0.2, -0.15) is 0 Å². The predicted molar refractivity (Wildman–Crippen MR) is 85.9 cm³/mol. The van der Waals surface area contributed by atoms with Crippen molar-refractivity contribution in [3.63, 3.8) is 0 Å². The van der Waals surface area contributed by atoms with Crippen LogP contribution in [0.4, 0.5) is 0 Å². The summed E-state index contributed by atoms with van der Waals surface area (Å²) >= 11 is 0. The number of nitrogens with one attached hydrogen (secondary N) is 2. The summed E-state index contributed by atoms with van der Waals surface area (Å²) in [5.74, 6) is 0.352. The van der Waals surface area contributed by atoms with Gasteiger partial charge in [0.25, 0.3) is 0 Å². The highest BCUT2D eigenvalue weighted by atomic mass is 16.2. The number of likely N-dealkylation sites (N-methyl/N-ethyl adjacent to an activating group) is 1. The molecule has 1 aromatic carbocycles. The molecule has 1 amide bonds. The number of hydrogen-bond donors (Lipinski definition) is 2. The van der Waals surface area contributed by atoms with Crippen LogP contribution in [0.1, 0.15) is 25.8 Å². The van der Waals surface area contributed by atoms with Crippen LogP contribution in [0.15, 0.2) is 36.5 Å². The molecule has 0 bridgehead atoms. The normalized spacial score (nSPS) is 13.9. The van der Waals surface area contributed by atoms with Crippen LogP contribution in [0.2, 0.25) is 0 Å². The molecule has 0 aliphatic heterocycles. The lowest BCUT2D eigenvalue weighted by Gasteiger charge is -2.21. The molecular formula is C17H23N3O. The third-order valence-corrected chi connectivity index (χ3v) is 3.92. The smallest absolute Gasteiger partial charge is 0.237 e. The molecule has 4 heteroatoms. The SMILES string of the molecule is CC[C@@H](C)[C@@H](NC)C(=O)NCc1cnc2ccccc2c1. The van der Waals surface area contributed by atoms with E-state index in [0.717, 1.165) is 22.9 Å². The average Bonchev–Trinajstić information content (AvgIpc) is 2.53. The number of carbonyl (C=O) groups excluding carboxylic acids is 1. The second-order valence-corrected chi connectivity index (χ2v) is 5.41. The average molecular weight is 285 g/mol. The fourth-order valence-corrected chi connectivity index (χ4v) is 2.42. The van der Waals surface area contributed by atoms with Crippen molar-refractivity contribution in [1.29, 1.82) is 0 Å². The number of nitrogens with zero attached hydrogens (tertiary/aromatic N) is 1. The lowest BCUT2D eigenvalue weighted by atomic mass is 9.98. The summed E-state index contributed by atoms with van der Waals surface area (Å²) in [5, 5.41) is 7.17. The van der Waals surface area contributed by atoms with E-state index < -0.39 is 0 Å². The fourth-order valence-electron chi connectivity index (χ4n) is 2.42. The number of pyridine rings is 1. The zero-order valence-corrected chi connectivity index (χ0v) is 12.9. The summed E-state index contributed by atoms with van der Waals surface area (Å²) in [6.07, 6.45) is 2.79. The number of carbonyl (C=O) groups is 1. The molecule has 4 nitrogen and oxygen atoms in total. The molecule has 1 heterocycles. The molecule has 0 unspecified atom stereocenters. The zero-order valence-electron chi connectivity index (χ0n) is 12.9. The van der Waals surface area contributed by atoms with Crippen molar-refractivity contribution < 1.29 is 4.79 Å². The molecule has 0 aliphatic carbocycles. The maximum atomic E-state index is 12.2. The van der Waals surface area contributed by atoms with Gasteiger partial charge < -0.3 is 10.6 Å². The van der Waals surface area contributed by atoms with Gasteiger partial charge in [-0.1, -0.05) is 38.5 Å². The van der Waals surface area contributed by atoms with Crippen molar-refractivity contribution >= 4 is 16.8 Å². The van der Waals surface area contributed by atoms with Crippen LogP contribution in [0.25, 0.3) is 10.9 Å². The lowest BCUT2D eigenvalue weighted by molar-refractivity contribution is -0.124. The molecule has 2 atom stereocenters. The second kappa shape index (κ2) is 7.18. The van der Waals surface area contributed by atoms with Gasteiger partial charge in [-0.3, -0.25) is 9.78 Å². The number of benzene rings is 1. The standard InChI is InChI=1S/C17H23N3O/c1-4-12(2)16(18-3)17(21)20-11-13-9-14-7-5-6-8-15(14)19-10-13/h5-10,12,16,18H,4,11H2,1-3H3,(H,20,21)/t12-,16-/m1/s1. The third kappa shape index (κ3) is 3.79. The fraction of sp³-hybridized carbons (Fsp3) is 0.412. The molecule has 0 radical (unpaired) electrons. The Labute approximate surface area is 126 Å². The van der Waals surface area contributed by atoms with Crippen molar-refractivity contribution in [2.24, 2.45) is 5.92 Å². The minimum absolute atomic E-state index is 0.0417. The minimum Gasteiger partial charge on any atom is -0.351 e. The number of amides is 1. The van der Waals surface area contributed by atoms with Gasteiger partial charge in [0.2, 0.25) is 5.91 Å². The monoisotopic (exact) mass is 285 g/mol. The first-order valence-electron chi connectivity index (χ1n) is 7.44. The highest BCUT2D eigenvalue weighted by molar-refractivity contribution is 5.82. The number of para-hydroxylation sites is 1. The number of aromatic nitrogens is 1. The maximum Gasteiger partial charge on any atom is 0.237 e. The van der Waals surface area contributed by atoms with Crippen molar-refractivity contribution in [3.8, 4) is 0 Å². The van der Waals surface area contributed by atoms with E-state index in [0.29, 0.717) is 12.5 Å². The van der Waals surface area contributed by atoms with Gasteiger partial charge in [-0.25, -0.2) is 0 Å².